The Hall–Kier alpha value is -0.380. The molecule has 0 amide bonds. The summed E-state index contributed by atoms with van der Waals surface area (Å²) >= 11 is 1.69. The first-order valence-electron chi connectivity index (χ1n) is 5.55. The van der Waals surface area contributed by atoms with Crippen molar-refractivity contribution < 1.29 is 5.11 Å². The molecule has 0 saturated heterocycles. The van der Waals surface area contributed by atoms with Gasteiger partial charge in [-0.3, -0.25) is 0 Å². The lowest BCUT2D eigenvalue weighted by molar-refractivity contribution is 0.0485. The maximum absolute atomic E-state index is 10.3. The van der Waals surface area contributed by atoms with E-state index in [9.17, 15) is 5.11 Å². The van der Waals surface area contributed by atoms with E-state index in [1.807, 2.05) is 6.92 Å². The third kappa shape index (κ3) is 3.93. The number of aliphatic hydroxyl groups is 1. The molecule has 0 aliphatic heterocycles. The predicted octanol–water partition coefficient (Wildman–Crippen LogP) is 2.65. The third-order valence-corrected chi connectivity index (χ3v) is 3.43. The highest BCUT2D eigenvalue weighted by atomic mass is 32.1. The lowest BCUT2D eigenvalue weighted by Gasteiger charge is -2.22. The molecule has 0 bridgehead atoms. The van der Waals surface area contributed by atoms with Gasteiger partial charge in [0.15, 0.2) is 0 Å². The second-order valence-electron chi connectivity index (χ2n) is 4.22. The molecule has 86 valence electrons. The van der Waals surface area contributed by atoms with Gasteiger partial charge in [0.05, 0.1) is 5.60 Å². The molecule has 0 saturated carbocycles. The van der Waals surface area contributed by atoms with Crippen LogP contribution in [0.3, 0.4) is 0 Å². The van der Waals surface area contributed by atoms with Gasteiger partial charge < -0.3 is 10.4 Å². The van der Waals surface area contributed by atoms with E-state index >= 15 is 0 Å². The highest BCUT2D eigenvalue weighted by Crippen LogP contribution is 2.27. The normalized spacial score (nSPS) is 15.2. The first kappa shape index (κ1) is 12.7. The van der Waals surface area contributed by atoms with Crippen LogP contribution in [-0.2, 0) is 5.60 Å². The zero-order valence-corrected chi connectivity index (χ0v) is 10.7. The molecule has 2 nitrogen and oxygen atoms in total. The zero-order valence-electron chi connectivity index (χ0n) is 9.84. The molecule has 0 aliphatic carbocycles. The summed E-state index contributed by atoms with van der Waals surface area (Å²) in [5.74, 6) is 0. The van der Waals surface area contributed by atoms with Gasteiger partial charge in [0.1, 0.15) is 0 Å². The number of thiophene rings is 1. The molecule has 1 aromatic heterocycles. The molecule has 15 heavy (non-hydrogen) atoms. The summed E-state index contributed by atoms with van der Waals surface area (Å²) in [6, 6.07) is 2.07. The maximum Gasteiger partial charge on any atom is 0.0888 e. The Morgan fingerprint density at radius 3 is 2.73 bits per heavy atom. The minimum Gasteiger partial charge on any atom is -0.385 e. The Bertz CT molecular complexity index is 294. The second-order valence-corrected chi connectivity index (χ2v) is 5.34. The number of aryl methyl sites for hydroxylation is 1. The van der Waals surface area contributed by atoms with E-state index in [0.29, 0.717) is 0 Å². The first-order chi connectivity index (χ1) is 7.06. The molecule has 1 atom stereocenters. The van der Waals surface area contributed by atoms with Gasteiger partial charge in [-0.25, -0.2) is 0 Å². The Balaban J connectivity index is 2.44. The van der Waals surface area contributed by atoms with E-state index in [1.165, 1.54) is 4.88 Å². The van der Waals surface area contributed by atoms with E-state index in [2.05, 4.69) is 30.6 Å². The highest BCUT2D eigenvalue weighted by Gasteiger charge is 2.23. The molecule has 3 heteroatoms. The van der Waals surface area contributed by atoms with Crippen molar-refractivity contribution in [3.05, 3.63) is 21.9 Å². The van der Waals surface area contributed by atoms with Crippen LogP contribution in [0.25, 0.3) is 0 Å². The third-order valence-electron chi connectivity index (χ3n) is 2.57. The van der Waals surface area contributed by atoms with E-state index in [4.69, 9.17) is 0 Å². The highest BCUT2D eigenvalue weighted by molar-refractivity contribution is 7.10. The van der Waals surface area contributed by atoms with Gasteiger partial charge in [-0.1, -0.05) is 6.92 Å². The van der Waals surface area contributed by atoms with E-state index in [0.717, 1.165) is 31.5 Å². The number of hydrogen-bond donors (Lipinski definition) is 2. The van der Waals surface area contributed by atoms with Gasteiger partial charge in [0, 0.05) is 4.88 Å². The van der Waals surface area contributed by atoms with E-state index in [-0.39, 0.29) is 0 Å². The van der Waals surface area contributed by atoms with E-state index < -0.39 is 5.60 Å². The van der Waals surface area contributed by atoms with Gasteiger partial charge in [0.2, 0.25) is 0 Å². The molecule has 1 rings (SSSR count). The minimum absolute atomic E-state index is 0.689. The summed E-state index contributed by atoms with van der Waals surface area (Å²) in [4.78, 5) is 1.26. The van der Waals surface area contributed by atoms with Crippen LogP contribution >= 0.6 is 11.3 Å². The Morgan fingerprint density at radius 2 is 2.20 bits per heavy atom. The van der Waals surface area contributed by atoms with Crippen LogP contribution in [0.4, 0.5) is 0 Å². The van der Waals surface area contributed by atoms with Crippen LogP contribution in [-0.4, -0.2) is 18.2 Å². The first-order valence-corrected chi connectivity index (χ1v) is 6.43. The van der Waals surface area contributed by atoms with Crippen molar-refractivity contribution in [2.45, 2.75) is 39.2 Å². The van der Waals surface area contributed by atoms with Crippen molar-refractivity contribution in [3.63, 3.8) is 0 Å². The molecular weight excluding hydrogens is 206 g/mol. The molecular formula is C12H21NOS. The SMILES string of the molecule is CCCNCCC(C)(O)c1csc(C)c1. The van der Waals surface area contributed by atoms with Crippen molar-refractivity contribution in [2.24, 2.45) is 0 Å². The molecule has 0 radical (unpaired) electrons. The molecule has 2 N–H and O–H groups in total. The van der Waals surface area contributed by atoms with Crippen molar-refractivity contribution >= 4 is 11.3 Å². The Kier molecular flexibility index (Phi) is 4.77. The molecule has 0 aliphatic rings. The van der Waals surface area contributed by atoms with E-state index in [1.54, 1.807) is 11.3 Å². The fourth-order valence-electron chi connectivity index (χ4n) is 1.50. The lowest BCUT2D eigenvalue weighted by Crippen LogP contribution is -2.27. The molecule has 1 unspecified atom stereocenters. The van der Waals surface area contributed by atoms with Crippen molar-refractivity contribution in [1.29, 1.82) is 0 Å². The van der Waals surface area contributed by atoms with Crippen molar-refractivity contribution in [1.82, 2.24) is 5.32 Å². The Morgan fingerprint density at radius 1 is 1.47 bits per heavy atom. The summed E-state index contributed by atoms with van der Waals surface area (Å²) in [5.41, 5.74) is 0.356. The summed E-state index contributed by atoms with van der Waals surface area (Å²) in [7, 11) is 0. The number of nitrogens with one attached hydrogen (secondary N) is 1. The molecule has 0 fully saturated rings. The van der Waals surface area contributed by atoms with Gasteiger partial charge in [-0.05, 0) is 56.8 Å². The summed E-state index contributed by atoms with van der Waals surface area (Å²) < 4.78 is 0. The van der Waals surface area contributed by atoms with Gasteiger partial charge in [-0.2, -0.15) is 0 Å². The predicted molar refractivity (Wildman–Crippen MR) is 66.4 cm³/mol. The quantitative estimate of drug-likeness (QED) is 0.732. The maximum atomic E-state index is 10.3. The van der Waals surface area contributed by atoms with Crippen molar-refractivity contribution in [3.8, 4) is 0 Å². The summed E-state index contributed by atoms with van der Waals surface area (Å²) in [5, 5.41) is 15.6. The van der Waals surface area contributed by atoms with Gasteiger partial charge in [-0.15, -0.1) is 11.3 Å². The molecule has 0 aromatic carbocycles. The van der Waals surface area contributed by atoms with Crippen LogP contribution in [0.5, 0.6) is 0 Å². The minimum atomic E-state index is -0.689. The number of rotatable bonds is 6. The van der Waals surface area contributed by atoms with Crippen LogP contribution in [0.15, 0.2) is 11.4 Å². The largest absolute Gasteiger partial charge is 0.385 e. The van der Waals surface area contributed by atoms with Crippen molar-refractivity contribution in [2.75, 3.05) is 13.1 Å². The fourth-order valence-corrected chi connectivity index (χ4v) is 2.33. The summed E-state index contributed by atoms with van der Waals surface area (Å²) in [6.45, 7) is 8.00. The van der Waals surface area contributed by atoms with Crippen LogP contribution in [0.1, 0.15) is 37.1 Å². The fraction of sp³-hybridized carbons (Fsp3) is 0.667. The number of hydrogen-bond acceptors (Lipinski definition) is 3. The summed E-state index contributed by atoms with van der Waals surface area (Å²) in [6.07, 6.45) is 1.91. The van der Waals surface area contributed by atoms with Crippen LogP contribution < -0.4 is 5.32 Å². The monoisotopic (exact) mass is 227 g/mol. The average molecular weight is 227 g/mol. The topological polar surface area (TPSA) is 32.3 Å². The average Bonchev–Trinajstić information content (AvgIpc) is 2.60. The molecule has 0 spiro atoms. The zero-order chi connectivity index (χ0) is 11.3. The van der Waals surface area contributed by atoms with Gasteiger partial charge in [0.25, 0.3) is 0 Å². The smallest absolute Gasteiger partial charge is 0.0888 e. The molecule has 1 aromatic rings. The molecule has 1 heterocycles. The second kappa shape index (κ2) is 5.64. The lowest BCUT2D eigenvalue weighted by atomic mass is 9.95. The Labute approximate surface area is 96.3 Å². The van der Waals surface area contributed by atoms with Crippen LogP contribution in [0, 0.1) is 6.92 Å². The van der Waals surface area contributed by atoms with Gasteiger partial charge >= 0.3 is 0 Å². The standard InChI is InChI=1S/C12H21NOS/c1-4-6-13-7-5-12(3,14)11-8-10(2)15-9-11/h8-9,13-14H,4-7H2,1-3H3. The van der Waals surface area contributed by atoms with Crippen LogP contribution in [0.2, 0.25) is 0 Å².